The molecule has 138 valence electrons. The predicted molar refractivity (Wildman–Crippen MR) is 106 cm³/mol. The summed E-state index contributed by atoms with van der Waals surface area (Å²) < 4.78 is 7.63. The summed E-state index contributed by atoms with van der Waals surface area (Å²) in [6.45, 7) is 10.8. The van der Waals surface area contributed by atoms with Crippen molar-refractivity contribution in [3.05, 3.63) is 51.1 Å². The molecule has 1 N–H and O–H groups in total. The molecule has 1 aromatic carbocycles. The number of fused-ring (bicyclic) bond motifs is 1. The highest BCUT2D eigenvalue weighted by Crippen LogP contribution is 2.27. The fourth-order valence-electron chi connectivity index (χ4n) is 3.55. The minimum atomic E-state index is -0.188. The topological polar surface area (TPSA) is 59.9 Å². The summed E-state index contributed by atoms with van der Waals surface area (Å²) in [7, 11) is 0. The molecule has 2 aromatic heterocycles. The summed E-state index contributed by atoms with van der Waals surface area (Å²) >= 11 is 0. The van der Waals surface area contributed by atoms with Crippen molar-refractivity contribution in [1.82, 2.24) is 14.5 Å². The van der Waals surface area contributed by atoms with Gasteiger partial charge in [-0.2, -0.15) is 0 Å². The van der Waals surface area contributed by atoms with E-state index in [4.69, 9.17) is 4.74 Å². The second kappa shape index (κ2) is 7.36. The summed E-state index contributed by atoms with van der Waals surface area (Å²) in [6, 6.07) is 6.07. The fraction of sp³-hybridized carbons (Fsp3) is 0.429. The Labute approximate surface area is 154 Å². The normalized spacial score (nSPS) is 11.3. The maximum atomic E-state index is 12.8. The summed E-state index contributed by atoms with van der Waals surface area (Å²) in [5.41, 5.74) is 6.11. The van der Waals surface area contributed by atoms with E-state index in [2.05, 4.69) is 35.9 Å². The number of nitrogens with zero attached hydrogens (tertiary/aromatic N) is 2. The van der Waals surface area contributed by atoms with Crippen LogP contribution >= 0.6 is 0 Å². The Bertz CT molecular complexity index is 975. The lowest BCUT2D eigenvalue weighted by Gasteiger charge is -2.13. The summed E-state index contributed by atoms with van der Waals surface area (Å²) in [5, 5.41) is 0. The first-order chi connectivity index (χ1) is 12.4. The van der Waals surface area contributed by atoms with Crippen LogP contribution < -0.4 is 10.4 Å². The predicted octanol–water partition coefficient (Wildman–Crippen LogP) is 4.52. The van der Waals surface area contributed by atoms with Crippen LogP contribution in [0.1, 0.15) is 48.6 Å². The molecule has 0 amide bonds. The van der Waals surface area contributed by atoms with Gasteiger partial charge in [0.2, 0.25) is 0 Å². The van der Waals surface area contributed by atoms with Crippen LogP contribution in [0.2, 0.25) is 0 Å². The van der Waals surface area contributed by atoms with Gasteiger partial charge in [-0.05, 0) is 45.2 Å². The van der Waals surface area contributed by atoms with Gasteiger partial charge in [0.1, 0.15) is 11.3 Å². The maximum Gasteiger partial charge on any atom is 0.332 e. The molecule has 5 heteroatoms. The Morgan fingerprint density at radius 2 is 1.77 bits per heavy atom. The average Bonchev–Trinajstić information content (AvgIpc) is 2.87. The Morgan fingerprint density at radius 1 is 1.08 bits per heavy atom. The zero-order valence-corrected chi connectivity index (χ0v) is 16.3. The van der Waals surface area contributed by atoms with Crippen LogP contribution in [-0.4, -0.2) is 21.1 Å². The quantitative estimate of drug-likeness (QED) is 0.663. The molecule has 0 saturated carbocycles. The van der Waals surface area contributed by atoms with E-state index >= 15 is 0 Å². The summed E-state index contributed by atoms with van der Waals surface area (Å²) in [5.74, 6) is 0.696. The Balaban J connectivity index is 2.15. The molecule has 0 fully saturated rings. The summed E-state index contributed by atoms with van der Waals surface area (Å²) in [6.07, 6.45) is 3.28. The highest BCUT2D eigenvalue weighted by atomic mass is 16.5. The van der Waals surface area contributed by atoms with Crippen molar-refractivity contribution in [2.24, 2.45) is 0 Å². The molecule has 0 bridgehead atoms. The number of benzene rings is 1. The average molecular weight is 353 g/mol. The maximum absolute atomic E-state index is 12.8. The molecular formula is C21H27N3O2. The molecule has 0 spiro atoms. The second-order valence-corrected chi connectivity index (χ2v) is 7.03. The van der Waals surface area contributed by atoms with Gasteiger partial charge in [-0.3, -0.25) is 0 Å². The van der Waals surface area contributed by atoms with Crippen molar-refractivity contribution in [2.45, 2.75) is 53.9 Å². The number of unbranched alkanes of at least 4 members (excludes halogenated alkanes) is 2. The molecule has 2 heterocycles. The van der Waals surface area contributed by atoms with Crippen LogP contribution in [0.5, 0.6) is 5.75 Å². The van der Waals surface area contributed by atoms with Gasteiger partial charge in [0, 0.05) is 11.8 Å². The van der Waals surface area contributed by atoms with Crippen LogP contribution in [0, 0.1) is 27.7 Å². The Hall–Kier alpha value is -2.56. The van der Waals surface area contributed by atoms with Crippen molar-refractivity contribution in [2.75, 3.05) is 6.61 Å². The highest BCUT2D eigenvalue weighted by Gasteiger charge is 2.18. The first kappa shape index (κ1) is 18.2. The van der Waals surface area contributed by atoms with Gasteiger partial charge in [-0.15, -0.1) is 0 Å². The number of aromatic nitrogens is 3. The third-order valence-electron chi connectivity index (χ3n) is 4.60. The van der Waals surface area contributed by atoms with Gasteiger partial charge in [0.25, 0.3) is 0 Å². The molecule has 0 aliphatic rings. The van der Waals surface area contributed by atoms with E-state index in [0.29, 0.717) is 23.5 Å². The number of pyridine rings is 1. The van der Waals surface area contributed by atoms with E-state index in [0.717, 1.165) is 41.8 Å². The van der Waals surface area contributed by atoms with Crippen LogP contribution in [0.25, 0.3) is 16.9 Å². The van der Waals surface area contributed by atoms with Crippen LogP contribution in [-0.2, 0) is 0 Å². The third kappa shape index (κ3) is 3.39. The number of imidazole rings is 1. The molecule has 3 rings (SSSR count). The lowest BCUT2D eigenvalue weighted by atomic mass is 10.1. The number of aromatic amines is 1. The Morgan fingerprint density at radius 3 is 2.42 bits per heavy atom. The third-order valence-corrected chi connectivity index (χ3v) is 4.60. The Kier molecular flexibility index (Phi) is 5.16. The van der Waals surface area contributed by atoms with E-state index in [1.165, 1.54) is 5.56 Å². The standard InChI is InChI=1S/C21H27N3O2/c1-6-7-8-9-26-17-12-16(5)22-20-18(17)23-21(25)24(20)19-14(3)10-13(2)11-15(19)4/h10-12H,6-9H2,1-5H3,(H,23,25). The zero-order valence-electron chi connectivity index (χ0n) is 16.3. The fourth-order valence-corrected chi connectivity index (χ4v) is 3.55. The summed E-state index contributed by atoms with van der Waals surface area (Å²) in [4.78, 5) is 20.4. The number of aryl methyl sites for hydroxylation is 4. The monoisotopic (exact) mass is 353 g/mol. The number of nitrogens with one attached hydrogen (secondary N) is 1. The molecule has 0 aliphatic carbocycles. The number of H-pyrrole nitrogens is 1. The number of ether oxygens (including phenoxy) is 1. The number of hydrogen-bond donors (Lipinski definition) is 1. The molecule has 0 aliphatic heterocycles. The molecule has 0 saturated heterocycles. The molecule has 0 radical (unpaired) electrons. The zero-order chi connectivity index (χ0) is 18.8. The largest absolute Gasteiger partial charge is 0.491 e. The van der Waals surface area contributed by atoms with Gasteiger partial charge in [-0.1, -0.05) is 37.5 Å². The van der Waals surface area contributed by atoms with E-state index in [9.17, 15) is 4.79 Å². The number of rotatable bonds is 6. The van der Waals surface area contributed by atoms with Gasteiger partial charge in [0.15, 0.2) is 5.65 Å². The van der Waals surface area contributed by atoms with Gasteiger partial charge < -0.3 is 9.72 Å². The smallest absolute Gasteiger partial charge is 0.332 e. The van der Waals surface area contributed by atoms with Gasteiger partial charge in [-0.25, -0.2) is 14.3 Å². The number of hydrogen-bond acceptors (Lipinski definition) is 3. The molecule has 26 heavy (non-hydrogen) atoms. The van der Waals surface area contributed by atoms with Crippen molar-refractivity contribution < 1.29 is 4.74 Å². The van der Waals surface area contributed by atoms with Crippen LogP contribution in [0.4, 0.5) is 0 Å². The lowest BCUT2D eigenvalue weighted by molar-refractivity contribution is 0.309. The molecular weight excluding hydrogens is 326 g/mol. The minimum absolute atomic E-state index is 0.188. The van der Waals surface area contributed by atoms with Crippen molar-refractivity contribution in [1.29, 1.82) is 0 Å². The van der Waals surface area contributed by atoms with Crippen molar-refractivity contribution in [3.63, 3.8) is 0 Å². The van der Waals surface area contributed by atoms with Crippen molar-refractivity contribution in [3.8, 4) is 11.4 Å². The van der Waals surface area contributed by atoms with E-state index in [1.54, 1.807) is 4.57 Å². The molecule has 3 aromatic rings. The first-order valence-corrected chi connectivity index (χ1v) is 9.25. The second-order valence-electron chi connectivity index (χ2n) is 7.03. The minimum Gasteiger partial charge on any atom is -0.491 e. The molecule has 5 nitrogen and oxygen atoms in total. The molecule has 0 atom stereocenters. The van der Waals surface area contributed by atoms with Gasteiger partial charge in [0.05, 0.1) is 12.3 Å². The molecule has 0 unspecified atom stereocenters. The van der Waals surface area contributed by atoms with Gasteiger partial charge >= 0.3 is 5.69 Å². The van der Waals surface area contributed by atoms with Crippen molar-refractivity contribution >= 4 is 11.2 Å². The van der Waals surface area contributed by atoms with E-state index in [1.807, 2.05) is 26.8 Å². The van der Waals surface area contributed by atoms with Crippen LogP contribution in [0.15, 0.2) is 23.0 Å². The van der Waals surface area contributed by atoms with Crippen LogP contribution in [0.3, 0.4) is 0 Å². The van der Waals surface area contributed by atoms with E-state index in [-0.39, 0.29) is 5.69 Å². The first-order valence-electron chi connectivity index (χ1n) is 9.25. The SMILES string of the molecule is CCCCCOc1cc(C)nc2c1[nH]c(=O)n2-c1c(C)cc(C)cc1C. The lowest BCUT2D eigenvalue weighted by Crippen LogP contribution is -2.17. The highest BCUT2D eigenvalue weighted by molar-refractivity contribution is 5.80. The van der Waals surface area contributed by atoms with E-state index < -0.39 is 0 Å².